The first kappa shape index (κ1) is 13.4. The van der Waals surface area contributed by atoms with Crippen LogP contribution in [-0.4, -0.2) is 16.0 Å². The summed E-state index contributed by atoms with van der Waals surface area (Å²) in [5.41, 5.74) is 1.71. The molecule has 0 saturated carbocycles. The molecule has 2 N–H and O–H groups in total. The van der Waals surface area contributed by atoms with Crippen molar-refractivity contribution in [3.63, 3.8) is 0 Å². The molecule has 1 heterocycles. The molecule has 2 rings (SSSR count). The van der Waals surface area contributed by atoms with E-state index in [1.807, 2.05) is 13.0 Å². The molecule has 0 saturated heterocycles. The number of carbonyl (C=O) groups is 1. The molecule has 19 heavy (non-hydrogen) atoms. The van der Waals surface area contributed by atoms with Gasteiger partial charge in [0, 0.05) is 12.4 Å². The van der Waals surface area contributed by atoms with E-state index in [0.717, 1.165) is 12.0 Å². The Morgan fingerprint density at radius 1 is 1.42 bits per heavy atom. The van der Waals surface area contributed by atoms with Crippen LogP contribution in [0.5, 0.6) is 5.75 Å². The summed E-state index contributed by atoms with van der Waals surface area (Å²) in [5.74, 6) is -0.355. The molecule has 1 aromatic carbocycles. The lowest BCUT2D eigenvalue weighted by Gasteiger charge is -2.09. The van der Waals surface area contributed by atoms with Crippen LogP contribution in [-0.2, 0) is 6.42 Å². The van der Waals surface area contributed by atoms with Gasteiger partial charge in [-0.25, -0.2) is 0 Å². The molecule has 2 aromatic rings. The minimum atomic E-state index is -0.379. The Morgan fingerprint density at radius 3 is 2.89 bits per heavy atom. The molecule has 5 heteroatoms. The summed E-state index contributed by atoms with van der Waals surface area (Å²) in [6.45, 7) is 2.00. The summed E-state index contributed by atoms with van der Waals surface area (Å²) >= 11 is 5.90. The first-order chi connectivity index (χ1) is 9.11. The van der Waals surface area contributed by atoms with Crippen LogP contribution < -0.4 is 5.32 Å². The molecule has 0 aliphatic rings. The SMILES string of the molecule is CCc1ccc(O)c(NC(=O)c2ccncc2Cl)c1. The lowest BCUT2D eigenvalue weighted by Crippen LogP contribution is -2.12. The van der Waals surface area contributed by atoms with Gasteiger partial charge in [-0.1, -0.05) is 24.6 Å². The van der Waals surface area contributed by atoms with E-state index in [-0.39, 0.29) is 16.7 Å². The lowest BCUT2D eigenvalue weighted by molar-refractivity contribution is 0.102. The Morgan fingerprint density at radius 2 is 2.21 bits per heavy atom. The highest BCUT2D eigenvalue weighted by Crippen LogP contribution is 2.25. The molecule has 0 radical (unpaired) electrons. The van der Waals surface area contributed by atoms with Crippen LogP contribution in [0.1, 0.15) is 22.8 Å². The quantitative estimate of drug-likeness (QED) is 0.846. The van der Waals surface area contributed by atoms with Crippen molar-refractivity contribution in [2.24, 2.45) is 0 Å². The highest BCUT2D eigenvalue weighted by molar-refractivity contribution is 6.34. The number of benzene rings is 1. The maximum Gasteiger partial charge on any atom is 0.257 e. The number of phenols is 1. The number of halogens is 1. The third kappa shape index (κ3) is 3.03. The lowest BCUT2D eigenvalue weighted by atomic mass is 10.1. The number of rotatable bonds is 3. The molecule has 0 unspecified atom stereocenters. The monoisotopic (exact) mass is 276 g/mol. The van der Waals surface area contributed by atoms with Gasteiger partial charge in [-0.3, -0.25) is 9.78 Å². The van der Waals surface area contributed by atoms with Crippen LogP contribution in [0.4, 0.5) is 5.69 Å². The van der Waals surface area contributed by atoms with Crippen molar-refractivity contribution in [3.8, 4) is 5.75 Å². The minimum absolute atomic E-state index is 0.0238. The molecule has 0 bridgehead atoms. The van der Waals surface area contributed by atoms with Crippen molar-refractivity contribution in [2.45, 2.75) is 13.3 Å². The van der Waals surface area contributed by atoms with Gasteiger partial charge in [-0.15, -0.1) is 0 Å². The van der Waals surface area contributed by atoms with E-state index in [2.05, 4.69) is 10.3 Å². The van der Waals surface area contributed by atoms with Gasteiger partial charge in [0.25, 0.3) is 5.91 Å². The van der Waals surface area contributed by atoms with Crippen molar-refractivity contribution in [2.75, 3.05) is 5.32 Å². The van der Waals surface area contributed by atoms with Crippen LogP contribution in [0, 0.1) is 0 Å². The fourth-order valence-electron chi connectivity index (χ4n) is 1.65. The minimum Gasteiger partial charge on any atom is -0.506 e. The molecule has 98 valence electrons. The molecule has 4 nitrogen and oxygen atoms in total. The third-order valence-corrected chi connectivity index (χ3v) is 3.04. The molecule has 0 spiro atoms. The Kier molecular flexibility index (Phi) is 4.02. The number of aryl methyl sites for hydroxylation is 1. The number of amides is 1. The summed E-state index contributed by atoms with van der Waals surface area (Å²) < 4.78 is 0. The van der Waals surface area contributed by atoms with Gasteiger partial charge in [0.2, 0.25) is 0 Å². The second-order valence-corrected chi connectivity index (χ2v) is 4.42. The second kappa shape index (κ2) is 5.71. The molecule has 0 aliphatic carbocycles. The van der Waals surface area contributed by atoms with Gasteiger partial charge >= 0.3 is 0 Å². The van der Waals surface area contributed by atoms with Crippen molar-refractivity contribution in [3.05, 3.63) is 52.8 Å². The topological polar surface area (TPSA) is 62.2 Å². The number of anilines is 1. The van der Waals surface area contributed by atoms with Crippen LogP contribution in [0.15, 0.2) is 36.7 Å². The normalized spacial score (nSPS) is 10.2. The molecule has 0 atom stereocenters. The Labute approximate surface area is 116 Å². The van der Waals surface area contributed by atoms with Crippen LogP contribution >= 0.6 is 11.6 Å². The predicted molar refractivity (Wildman–Crippen MR) is 74.7 cm³/mol. The first-order valence-electron chi connectivity index (χ1n) is 5.84. The number of hydrogen-bond donors (Lipinski definition) is 2. The van der Waals surface area contributed by atoms with Crippen molar-refractivity contribution < 1.29 is 9.90 Å². The Balaban J connectivity index is 2.26. The fraction of sp³-hybridized carbons (Fsp3) is 0.143. The number of nitrogens with zero attached hydrogens (tertiary/aromatic N) is 1. The van der Waals surface area contributed by atoms with Crippen molar-refractivity contribution in [1.29, 1.82) is 0 Å². The average Bonchev–Trinajstić information content (AvgIpc) is 2.41. The highest BCUT2D eigenvalue weighted by atomic mass is 35.5. The summed E-state index contributed by atoms with van der Waals surface area (Å²) in [7, 11) is 0. The zero-order chi connectivity index (χ0) is 13.8. The van der Waals surface area contributed by atoms with Crippen LogP contribution in [0.3, 0.4) is 0 Å². The number of pyridine rings is 1. The maximum atomic E-state index is 12.1. The van der Waals surface area contributed by atoms with Gasteiger partial charge in [-0.05, 0) is 30.2 Å². The summed E-state index contributed by atoms with van der Waals surface area (Å²) in [4.78, 5) is 15.9. The zero-order valence-electron chi connectivity index (χ0n) is 10.4. The summed E-state index contributed by atoms with van der Waals surface area (Å²) in [6.07, 6.45) is 3.71. The number of carbonyl (C=O) groups excluding carboxylic acids is 1. The molecule has 1 amide bonds. The van der Waals surface area contributed by atoms with Crippen LogP contribution in [0.2, 0.25) is 5.02 Å². The van der Waals surface area contributed by atoms with Crippen LogP contribution in [0.25, 0.3) is 0 Å². The van der Waals surface area contributed by atoms with E-state index < -0.39 is 0 Å². The summed E-state index contributed by atoms with van der Waals surface area (Å²) in [5, 5.41) is 12.6. The Hall–Kier alpha value is -2.07. The smallest absolute Gasteiger partial charge is 0.257 e. The van der Waals surface area contributed by atoms with Gasteiger partial charge in [0.1, 0.15) is 5.75 Å². The van der Waals surface area contributed by atoms with Crippen molar-refractivity contribution >= 4 is 23.2 Å². The molecule has 1 aromatic heterocycles. The first-order valence-corrected chi connectivity index (χ1v) is 6.22. The van der Waals surface area contributed by atoms with Gasteiger partial charge < -0.3 is 10.4 Å². The fourth-order valence-corrected chi connectivity index (χ4v) is 1.86. The number of aromatic nitrogens is 1. The highest BCUT2D eigenvalue weighted by Gasteiger charge is 2.12. The van der Waals surface area contributed by atoms with Gasteiger partial charge in [0.15, 0.2) is 0 Å². The van der Waals surface area contributed by atoms with E-state index in [1.54, 1.807) is 12.1 Å². The number of aromatic hydroxyl groups is 1. The number of nitrogens with one attached hydrogen (secondary N) is 1. The molecule has 0 fully saturated rings. The predicted octanol–water partition coefficient (Wildman–Crippen LogP) is 3.26. The molecular weight excluding hydrogens is 264 g/mol. The molecular formula is C14H13ClN2O2. The largest absolute Gasteiger partial charge is 0.506 e. The Bertz CT molecular complexity index is 614. The van der Waals surface area contributed by atoms with E-state index in [1.165, 1.54) is 18.5 Å². The van der Waals surface area contributed by atoms with E-state index in [9.17, 15) is 9.90 Å². The van der Waals surface area contributed by atoms with E-state index in [0.29, 0.717) is 11.3 Å². The van der Waals surface area contributed by atoms with E-state index in [4.69, 9.17) is 11.6 Å². The average molecular weight is 277 g/mol. The third-order valence-electron chi connectivity index (χ3n) is 2.73. The molecule has 0 aliphatic heterocycles. The van der Waals surface area contributed by atoms with Gasteiger partial charge in [0.05, 0.1) is 16.3 Å². The van der Waals surface area contributed by atoms with Gasteiger partial charge in [-0.2, -0.15) is 0 Å². The van der Waals surface area contributed by atoms with Crippen molar-refractivity contribution in [1.82, 2.24) is 4.98 Å². The summed E-state index contributed by atoms with van der Waals surface area (Å²) in [6, 6.07) is 6.63. The zero-order valence-corrected chi connectivity index (χ0v) is 11.1. The second-order valence-electron chi connectivity index (χ2n) is 4.01. The standard InChI is InChI=1S/C14H13ClN2O2/c1-2-9-3-4-13(18)12(7-9)17-14(19)10-5-6-16-8-11(10)15/h3-8,18H,2H2,1H3,(H,17,19). The number of hydrogen-bond acceptors (Lipinski definition) is 3. The van der Waals surface area contributed by atoms with E-state index >= 15 is 0 Å². The maximum absolute atomic E-state index is 12.1. The number of phenolic OH excluding ortho intramolecular Hbond substituents is 1.